The Bertz CT molecular complexity index is 1540. The number of aryl methyl sites for hydroxylation is 2. The first kappa shape index (κ1) is 24.0. The maximum absolute atomic E-state index is 11.6. The zero-order valence-corrected chi connectivity index (χ0v) is 21.2. The van der Waals surface area contributed by atoms with Crippen molar-refractivity contribution in [2.24, 2.45) is 7.05 Å². The van der Waals surface area contributed by atoms with Crippen molar-refractivity contribution in [3.63, 3.8) is 0 Å². The van der Waals surface area contributed by atoms with E-state index in [0.29, 0.717) is 24.4 Å². The van der Waals surface area contributed by atoms with Crippen molar-refractivity contribution in [2.75, 3.05) is 24.3 Å². The van der Waals surface area contributed by atoms with Crippen LogP contribution in [0.5, 0.6) is 0 Å². The molecule has 0 aliphatic heterocycles. The molecule has 1 unspecified atom stereocenters. The summed E-state index contributed by atoms with van der Waals surface area (Å²) >= 11 is 0. The number of nitrogens with one attached hydrogen (secondary N) is 1. The van der Waals surface area contributed by atoms with Crippen molar-refractivity contribution in [1.29, 1.82) is 0 Å². The number of anilines is 3. The fourth-order valence-electron chi connectivity index (χ4n) is 4.22. The highest BCUT2D eigenvalue weighted by Crippen LogP contribution is 2.30. The molecule has 5 aromatic heterocycles. The highest BCUT2D eigenvalue weighted by molar-refractivity contribution is 5.71. The Hall–Kier alpha value is -4.67. The topological polar surface area (TPSA) is 119 Å². The zero-order chi connectivity index (χ0) is 25.9. The van der Waals surface area contributed by atoms with E-state index in [1.54, 1.807) is 17.1 Å². The lowest BCUT2D eigenvalue weighted by atomic mass is 9.98. The number of carbonyl (C=O) groups is 1. The molecule has 0 spiro atoms. The van der Waals surface area contributed by atoms with Gasteiger partial charge in [-0.05, 0) is 43.2 Å². The number of hydrogen-bond donors (Lipinski definition) is 1. The van der Waals surface area contributed by atoms with E-state index >= 15 is 0 Å². The third kappa shape index (κ3) is 5.01. The van der Waals surface area contributed by atoms with Gasteiger partial charge in [-0.2, -0.15) is 5.10 Å². The standard InChI is InChI=1S/C26H28N10O/c1-17-5-6-20(28-16-17)13-18(9-12-37)25-33-32-23-14-19(15-24(34(2)3)36(23)25)21-7-10-27-26(30-21)31-22-8-11-29-35(22)4/h5-8,10-12,14-16,18H,9,13H2,1-4H3,(H,27,30,31). The molecule has 0 saturated carbocycles. The van der Waals surface area contributed by atoms with Gasteiger partial charge in [0.15, 0.2) is 5.65 Å². The molecule has 0 bridgehead atoms. The maximum Gasteiger partial charge on any atom is 0.228 e. The second-order valence-electron chi connectivity index (χ2n) is 9.11. The first-order chi connectivity index (χ1) is 17.9. The first-order valence-corrected chi connectivity index (χ1v) is 11.9. The molecule has 0 aliphatic carbocycles. The van der Waals surface area contributed by atoms with Crippen LogP contribution in [0.1, 0.15) is 29.4 Å². The van der Waals surface area contributed by atoms with E-state index in [-0.39, 0.29) is 5.92 Å². The van der Waals surface area contributed by atoms with Gasteiger partial charge in [0.05, 0.1) is 11.9 Å². The smallest absolute Gasteiger partial charge is 0.228 e. The highest BCUT2D eigenvalue weighted by Gasteiger charge is 2.22. The highest BCUT2D eigenvalue weighted by atomic mass is 16.1. The van der Waals surface area contributed by atoms with E-state index in [9.17, 15) is 4.79 Å². The Morgan fingerprint density at radius 1 is 1.08 bits per heavy atom. The van der Waals surface area contributed by atoms with Crippen LogP contribution in [0.4, 0.5) is 17.6 Å². The van der Waals surface area contributed by atoms with Crippen LogP contribution in [0.15, 0.2) is 55.0 Å². The largest absolute Gasteiger partial charge is 0.364 e. The van der Waals surface area contributed by atoms with E-state index in [4.69, 9.17) is 4.98 Å². The summed E-state index contributed by atoms with van der Waals surface area (Å²) in [6.07, 6.45) is 7.10. The zero-order valence-electron chi connectivity index (χ0n) is 21.2. The summed E-state index contributed by atoms with van der Waals surface area (Å²) in [5.74, 6) is 2.68. The third-order valence-electron chi connectivity index (χ3n) is 6.16. The van der Waals surface area contributed by atoms with Crippen LogP contribution < -0.4 is 10.2 Å². The van der Waals surface area contributed by atoms with Gasteiger partial charge in [-0.25, -0.2) is 9.97 Å². The van der Waals surface area contributed by atoms with Crippen LogP contribution in [0.3, 0.4) is 0 Å². The molecule has 11 nitrogen and oxygen atoms in total. The second kappa shape index (κ2) is 10.1. The summed E-state index contributed by atoms with van der Waals surface area (Å²) in [5, 5.41) is 16.4. The monoisotopic (exact) mass is 496 g/mol. The van der Waals surface area contributed by atoms with Gasteiger partial charge in [-0.1, -0.05) is 6.07 Å². The van der Waals surface area contributed by atoms with Crippen molar-refractivity contribution >= 4 is 29.5 Å². The molecule has 5 aromatic rings. The van der Waals surface area contributed by atoms with Gasteiger partial charge in [-0.15, -0.1) is 10.2 Å². The minimum absolute atomic E-state index is 0.166. The van der Waals surface area contributed by atoms with Crippen LogP contribution in [-0.4, -0.2) is 59.7 Å². The Kier molecular flexibility index (Phi) is 6.59. The number of aldehydes is 1. The van der Waals surface area contributed by atoms with Crippen LogP contribution in [0.2, 0.25) is 0 Å². The molecule has 0 fully saturated rings. The molecular formula is C26H28N10O. The number of aromatic nitrogens is 8. The molecule has 1 N–H and O–H groups in total. The van der Waals surface area contributed by atoms with Crippen molar-refractivity contribution in [2.45, 2.75) is 25.7 Å². The lowest BCUT2D eigenvalue weighted by Crippen LogP contribution is -2.17. The average molecular weight is 497 g/mol. The summed E-state index contributed by atoms with van der Waals surface area (Å²) in [7, 11) is 5.78. The second-order valence-corrected chi connectivity index (χ2v) is 9.11. The molecular weight excluding hydrogens is 468 g/mol. The Morgan fingerprint density at radius 3 is 2.65 bits per heavy atom. The normalized spacial score (nSPS) is 12.0. The van der Waals surface area contributed by atoms with E-state index in [1.165, 1.54) is 0 Å². The van der Waals surface area contributed by atoms with Gasteiger partial charge in [0, 0.05) is 63.2 Å². The molecule has 0 aromatic carbocycles. The number of nitrogens with zero attached hydrogens (tertiary/aromatic N) is 9. The van der Waals surface area contributed by atoms with E-state index in [0.717, 1.165) is 46.3 Å². The van der Waals surface area contributed by atoms with Crippen LogP contribution in [0.25, 0.3) is 16.9 Å². The van der Waals surface area contributed by atoms with Gasteiger partial charge in [-0.3, -0.25) is 14.1 Å². The molecule has 0 saturated heterocycles. The molecule has 5 rings (SSSR count). The summed E-state index contributed by atoms with van der Waals surface area (Å²) in [6, 6.07) is 11.7. The number of hydrogen-bond acceptors (Lipinski definition) is 9. The van der Waals surface area contributed by atoms with Crippen molar-refractivity contribution in [3.05, 3.63) is 72.1 Å². The van der Waals surface area contributed by atoms with Crippen LogP contribution in [0, 0.1) is 6.92 Å². The number of pyridine rings is 2. The minimum Gasteiger partial charge on any atom is -0.364 e. The van der Waals surface area contributed by atoms with Crippen molar-refractivity contribution in [3.8, 4) is 11.3 Å². The van der Waals surface area contributed by atoms with E-state index in [1.807, 2.05) is 80.0 Å². The predicted octanol–water partition coefficient (Wildman–Crippen LogP) is 3.35. The van der Waals surface area contributed by atoms with Gasteiger partial charge < -0.3 is 15.0 Å². The first-order valence-electron chi connectivity index (χ1n) is 11.9. The summed E-state index contributed by atoms with van der Waals surface area (Å²) < 4.78 is 3.72. The molecule has 0 radical (unpaired) electrons. The fourth-order valence-corrected chi connectivity index (χ4v) is 4.22. The Morgan fingerprint density at radius 2 is 1.95 bits per heavy atom. The van der Waals surface area contributed by atoms with Gasteiger partial charge >= 0.3 is 0 Å². The number of rotatable bonds is 9. The molecule has 0 aliphatic rings. The van der Waals surface area contributed by atoms with Gasteiger partial charge in [0.1, 0.15) is 23.7 Å². The Balaban J connectivity index is 1.54. The van der Waals surface area contributed by atoms with Crippen molar-refractivity contribution in [1.82, 2.24) is 39.3 Å². The molecule has 0 amide bonds. The minimum atomic E-state index is -0.166. The van der Waals surface area contributed by atoms with E-state index in [2.05, 4.69) is 30.6 Å². The number of fused-ring (bicyclic) bond motifs is 1. The molecule has 1 atom stereocenters. The molecule has 188 valence electrons. The van der Waals surface area contributed by atoms with Crippen LogP contribution in [-0.2, 0) is 18.3 Å². The average Bonchev–Trinajstić information content (AvgIpc) is 3.50. The summed E-state index contributed by atoms with van der Waals surface area (Å²) in [6.45, 7) is 2.00. The summed E-state index contributed by atoms with van der Waals surface area (Å²) in [5.41, 5.74) is 4.28. The van der Waals surface area contributed by atoms with Crippen molar-refractivity contribution < 1.29 is 4.79 Å². The predicted molar refractivity (Wildman–Crippen MR) is 141 cm³/mol. The SMILES string of the molecule is Cc1ccc(CC(CC=O)c2nnc3cc(-c4ccnc(Nc5ccnn5C)n4)cc(N(C)C)n23)nc1. The maximum atomic E-state index is 11.6. The Labute approximate surface area is 214 Å². The fraction of sp³-hybridized carbons (Fsp3) is 0.269. The van der Waals surface area contributed by atoms with Gasteiger partial charge in [0.2, 0.25) is 5.95 Å². The molecule has 11 heteroatoms. The van der Waals surface area contributed by atoms with E-state index < -0.39 is 0 Å². The third-order valence-corrected chi connectivity index (χ3v) is 6.16. The number of carbonyl (C=O) groups excluding carboxylic acids is 1. The lowest BCUT2D eigenvalue weighted by molar-refractivity contribution is -0.108. The lowest BCUT2D eigenvalue weighted by Gasteiger charge is -2.20. The van der Waals surface area contributed by atoms with Gasteiger partial charge in [0.25, 0.3) is 0 Å². The quantitative estimate of drug-likeness (QED) is 0.306. The summed E-state index contributed by atoms with van der Waals surface area (Å²) in [4.78, 5) is 27.2. The molecule has 37 heavy (non-hydrogen) atoms. The molecule has 5 heterocycles. The van der Waals surface area contributed by atoms with Crippen LogP contribution >= 0.6 is 0 Å².